The predicted octanol–water partition coefficient (Wildman–Crippen LogP) is 5.54. The van der Waals surface area contributed by atoms with Crippen molar-refractivity contribution in [1.82, 2.24) is 9.80 Å². The Morgan fingerprint density at radius 2 is 1.78 bits per heavy atom. The molecule has 1 spiro atoms. The molecule has 1 amide bonds. The lowest BCUT2D eigenvalue weighted by Gasteiger charge is -2.60. The first kappa shape index (κ1) is 31.5. The minimum Gasteiger partial charge on any atom is -0.483 e. The van der Waals surface area contributed by atoms with Crippen molar-refractivity contribution in [3.8, 4) is 11.5 Å². The van der Waals surface area contributed by atoms with Gasteiger partial charge >= 0.3 is 5.97 Å². The van der Waals surface area contributed by atoms with Crippen molar-refractivity contribution < 1.29 is 28.7 Å². The van der Waals surface area contributed by atoms with Crippen LogP contribution in [0.1, 0.15) is 94.1 Å². The van der Waals surface area contributed by atoms with Gasteiger partial charge in [-0.05, 0) is 75.5 Å². The number of likely N-dealkylation sites (tertiary alicyclic amines) is 1. The van der Waals surface area contributed by atoms with Crippen LogP contribution in [0.5, 0.6) is 11.5 Å². The van der Waals surface area contributed by atoms with Gasteiger partial charge in [0.05, 0.1) is 12.6 Å². The fourth-order valence-electron chi connectivity index (χ4n) is 8.91. The predicted molar refractivity (Wildman–Crippen MR) is 171 cm³/mol. The first-order chi connectivity index (χ1) is 21.6. The van der Waals surface area contributed by atoms with Crippen molar-refractivity contribution in [3.63, 3.8) is 0 Å². The molecule has 6 rings (SSSR count). The van der Waals surface area contributed by atoms with Gasteiger partial charge in [0.1, 0.15) is 11.9 Å². The lowest BCUT2D eigenvalue weighted by molar-refractivity contribution is -0.144. The maximum atomic E-state index is 14.0. The number of ether oxygens (including phenoxy) is 2. The molecular formula is C37H46N2O6. The summed E-state index contributed by atoms with van der Waals surface area (Å²) in [5.74, 6) is 1.69. The van der Waals surface area contributed by atoms with E-state index in [0.717, 1.165) is 37.8 Å². The summed E-state index contributed by atoms with van der Waals surface area (Å²) in [5, 5.41) is 0. The van der Waals surface area contributed by atoms with Crippen LogP contribution in [-0.2, 0) is 26.2 Å². The van der Waals surface area contributed by atoms with Crippen molar-refractivity contribution in [2.24, 2.45) is 11.8 Å². The molecule has 240 valence electrons. The smallest absolute Gasteiger partial charge is 0.308 e. The molecule has 2 aliphatic carbocycles. The summed E-state index contributed by atoms with van der Waals surface area (Å²) in [6.45, 7) is 9.22. The summed E-state index contributed by atoms with van der Waals surface area (Å²) in [7, 11) is 0. The maximum Gasteiger partial charge on any atom is 0.308 e. The highest BCUT2D eigenvalue weighted by Crippen LogP contribution is 2.64. The van der Waals surface area contributed by atoms with E-state index in [0.29, 0.717) is 55.8 Å². The highest BCUT2D eigenvalue weighted by atomic mass is 16.6. The van der Waals surface area contributed by atoms with Gasteiger partial charge in [-0.1, -0.05) is 50.2 Å². The van der Waals surface area contributed by atoms with E-state index in [-0.39, 0.29) is 58.9 Å². The summed E-state index contributed by atoms with van der Waals surface area (Å²) in [4.78, 5) is 55.5. The van der Waals surface area contributed by atoms with Crippen LogP contribution >= 0.6 is 0 Å². The molecule has 0 radical (unpaired) electrons. The fourth-order valence-corrected chi connectivity index (χ4v) is 8.91. The van der Waals surface area contributed by atoms with Crippen molar-refractivity contribution in [2.75, 3.05) is 19.6 Å². The number of benzene rings is 2. The van der Waals surface area contributed by atoms with Gasteiger partial charge in [-0.15, -0.1) is 0 Å². The van der Waals surface area contributed by atoms with E-state index >= 15 is 0 Å². The van der Waals surface area contributed by atoms with Gasteiger partial charge in [0.2, 0.25) is 5.91 Å². The number of ketones is 2. The normalized spacial score (nSPS) is 26.2. The van der Waals surface area contributed by atoms with E-state index in [9.17, 15) is 19.2 Å². The molecule has 8 heteroatoms. The van der Waals surface area contributed by atoms with Crippen LogP contribution in [0.3, 0.4) is 0 Å². The molecule has 2 fully saturated rings. The Morgan fingerprint density at radius 1 is 1.02 bits per heavy atom. The molecule has 5 atom stereocenters. The molecule has 8 nitrogen and oxygen atoms in total. The molecule has 1 saturated carbocycles. The highest BCUT2D eigenvalue weighted by molar-refractivity contribution is 5.96. The number of carbonyl (C=O) groups is 4. The van der Waals surface area contributed by atoms with Crippen LogP contribution in [0.2, 0.25) is 0 Å². The number of Topliss-reactive ketones (excluding diaryl/α,β-unsaturated/α-hetero) is 2. The first-order valence-corrected chi connectivity index (χ1v) is 16.7. The Morgan fingerprint density at radius 3 is 2.49 bits per heavy atom. The molecule has 2 aliphatic heterocycles. The Labute approximate surface area is 266 Å². The molecule has 2 bridgehead atoms. The second kappa shape index (κ2) is 12.7. The van der Waals surface area contributed by atoms with Gasteiger partial charge in [0.25, 0.3) is 0 Å². The number of carbonyl (C=O) groups excluding carboxylic acids is 4. The van der Waals surface area contributed by atoms with E-state index in [1.54, 1.807) is 6.92 Å². The fraction of sp³-hybridized carbons (Fsp3) is 0.568. The van der Waals surface area contributed by atoms with Gasteiger partial charge in [-0.2, -0.15) is 0 Å². The molecule has 0 unspecified atom stereocenters. The standard InChI is InChI=1S/C37H46N2O6/c1-23(2)21-39(33(43)13-9-8-12-31(42)26-10-6-5-7-11-26)29-16-15-28-30-20-27-14-17-32(44-25(4)41)35-34(27)37(28,36(29)45-35)18-19-38(30)22-24(3)40/h5-7,10-11,14,17,23,28-30,36H,8-9,12-13,15-16,18-22H2,1-4H3/t28-,29+,30+,36-,37-/m0/s1. The summed E-state index contributed by atoms with van der Waals surface area (Å²) in [6, 6.07) is 13.3. The lowest BCUT2D eigenvalue weighted by atomic mass is 9.51. The minimum atomic E-state index is -0.386. The third-order valence-corrected chi connectivity index (χ3v) is 10.5. The number of nitrogens with zero attached hydrogens (tertiary/aromatic N) is 2. The molecule has 2 aromatic carbocycles. The second-order valence-electron chi connectivity index (χ2n) is 14.0. The molecule has 0 aromatic heterocycles. The van der Waals surface area contributed by atoms with E-state index in [2.05, 4.69) is 29.7 Å². The quantitative estimate of drug-likeness (QED) is 0.134. The molecule has 0 N–H and O–H groups in total. The van der Waals surface area contributed by atoms with E-state index in [1.165, 1.54) is 12.5 Å². The Hall–Kier alpha value is -3.52. The number of rotatable bonds is 12. The van der Waals surface area contributed by atoms with Crippen LogP contribution in [0.25, 0.3) is 0 Å². The first-order valence-electron chi connectivity index (χ1n) is 16.7. The van der Waals surface area contributed by atoms with Crippen LogP contribution in [0.4, 0.5) is 0 Å². The van der Waals surface area contributed by atoms with Gasteiger partial charge in [-0.25, -0.2) is 0 Å². The highest BCUT2D eigenvalue weighted by Gasteiger charge is 2.66. The summed E-state index contributed by atoms with van der Waals surface area (Å²) < 4.78 is 12.6. The Bertz CT molecular complexity index is 1470. The number of unbranched alkanes of at least 4 members (excludes halogenated alkanes) is 1. The number of amides is 1. The zero-order valence-corrected chi connectivity index (χ0v) is 27.1. The number of hydrogen-bond donors (Lipinski definition) is 0. The largest absolute Gasteiger partial charge is 0.483 e. The third kappa shape index (κ3) is 5.82. The third-order valence-electron chi connectivity index (χ3n) is 10.5. The number of hydrogen-bond acceptors (Lipinski definition) is 7. The van der Waals surface area contributed by atoms with E-state index < -0.39 is 0 Å². The lowest BCUT2D eigenvalue weighted by Crippen LogP contribution is -2.69. The van der Waals surface area contributed by atoms with Gasteiger partial charge < -0.3 is 14.4 Å². The van der Waals surface area contributed by atoms with Crippen molar-refractivity contribution in [3.05, 3.63) is 59.2 Å². The topological polar surface area (TPSA) is 93.2 Å². The van der Waals surface area contributed by atoms with Gasteiger partial charge in [0, 0.05) is 48.9 Å². The molecule has 4 aliphatic rings. The molecule has 2 aromatic rings. The van der Waals surface area contributed by atoms with Gasteiger partial charge in [0.15, 0.2) is 17.3 Å². The van der Waals surface area contributed by atoms with E-state index in [1.807, 2.05) is 36.4 Å². The minimum absolute atomic E-state index is 0.108. The molecule has 2 heterocycles. The SMILES string of the molecule is CC(=O)CN1CC[C@]23c4c5ccc(OC(C)=O)c4O[C@H]2[C@H](N(CC(C)C)C(=O)CCCCC(=O)c2ccccc2)CC[C@H]3[C@H]1C5. The van der Waals surface area contributed by atoms with Crippen LogP contribution in [0, 0.1) is 11.8 Å². The molecular weight excluding hydrogens is 568 g/mol. The van der Waals surface area contributed by atoms with Crippen molar-refractivity contribution >= 4 is 23.4 Å². The zero-order chi connectivity index (χ0) is 31.9. The monoisotopic (exact) mass is 614 g/mol. The van der Waals surface area contributed by atoms with Crippen LogP contribution in [-0.4, -0.2) is 71.1 Å². The summed E-state index contributed by atoms with van der Waals surface area (Å²) >= 11 is 0. The van der Waals surface area contributed by atoms with E-state index in [4.69, 9.17) is 9.47 Å². The molecule has 45 heavy (non-hydrogen) atoms. The van der Waals surface area contributed by atoms with Crippen LogP contribution < -0.4 is 9.47 Å². The molecule has 1 saturated heterocycles. The van der Waals surface area contributed by atoms with Gasteiger partial charge in [-0.3, -0.25) is 24.1 Å². The Kier molecular flexibility index (Phi) is 8.88. The summed E-state index contributed by atoms with van der Waals surface area (Å²) in [6.07, 6.45) is 5.30. The number of esters is 1. The number of piperidine rings is 1. The van der Waals surface area contributed by atoms with Crippen molar-refractivity contribution in [2.45, 2.75) is 103 Å². The second-order valence-corrected chi connectivity index (χ2v) is 14.0. The summed E-state index contributed by atoms with van der Waals surface area (Å²) in [5.41, 5.74) is 2.77. The Balaban J connectivity index is 1.27. The zero-order valence-electron chi connectivity index (χ0n) is 27.1. The van der Waals surface area contributed by atoms with Crippen LogP contribution in [0.15, 0.2) is 42.5 Å². The maximum absolute atomic E-state index is 14.0. The van der Waals surface area contributed by atoms with Crippen molar-refractivity contribution in [1.29, 1.82) is 0 Å². The average Bonchev–Trinajstić information content (AvgIpc) is 3.35. The average molecular weight is 615 g/mol.